The molecule has 150 valence electrons. The monoisotopic (exact) mass is 464 g/mol. The highest BCUT2D eigenvalue weighted by Crippen LogP contribution is 2.28. The van der Waals surface area contributed by atoms with Crippen molar-refractivity contribution in [3.63, 3.8) is 0 Å². The summed E-state index contributed by atoms with van der Waals surface area (Å²) < 4.78 is 6.69. The molecular formula is C22H17BrN4O3. The topological polar surface area (TPSA) is 96.1 Å². The van der Waals surface area contributed by atoms with Crippen LogP contribution in [0.2, 0.25) is 0 Å². The minimum atomic E-state index is -0.307. The van der Waals surface area contributed by atoms with Gasteiger partial charge in [-0.15, -0.1) is 0 Å². The molecule has 2 heterocycles. The van der Waals surface area contributed by atoms with Gasteiger partial charge in [-0.2, -0.15) is 0 Å². The van der Waals surface area contributed by atoms with Crippen molar-refractivity contribution in [2.45, 2.75) is 0 Å². The smallest absolute Gasteiger partial charge is 0.269 e. The van der Waals surface area contributed by atoms with E-state index >= 15 is 0 Å². The Morgan fingerprint density at radius 3 is 2.70 bits per heavy atom. The van der Waals surface area contributed by atoms with E-state index in [9.17, 15) is 9.59 Å². The fourth-order valence-electron chi connectivity index (χ4n) is 2.99. The molecule has 4 rings (SSSR count). The first-order valence-corrected chi connectivity index (χ1v) is 9.87. The number of halogens is 1. The average molecular weight is 465 g/mol. The lowest BCUT2D eigenvalue weighted by molar-refractivity contribution is 0.0957. The van der Waals surface area contributed by atoms with E-state index in [4.69, 9.17) is 4.74 Å². The number of hydrogen-bond acceptors (Lipinski definition) is 4. The van der Waals surface area contributed by atoms with Crippen LogP contribution in [0.25, 0.3) is 10.9 Å². The van der Waals surface area contributed by atoms with Gasteiger partial charge < -0.3 is 20.4 Å². The minimum Gasteiger partial charge on any atom is -0.457 e. The molecule has 2 aromatic carbocycles. The molecule has 0 radical (unpaired) electrons. The number of amides is 2. The lowest BCUT2D eigenvalue weighted by Crippen LogP contribution is -2.18. The molecule has 8 heteroatoms. The minimum absolute atomic E-state index is 0.244. The van der Waals surface area contributed by atoms with Gasteiger partial charge in [-0.05, 0) is 42.5 Å². The molecule has 0 spiro atoms. The van der Waals surface area contributed by atoms with Gasteiger partial charge >= 0.3 is 0 Å². The lowest BCUT2D eigenvalue weighted by Gasteiger charge is -2.10. The highest BCUT2D eigenvalue weighted by Gasteiger charge is 2.12. The molecule has 0 fully saturated rings. The Bertz CT molecular complexity index is 1250. The van der Waals surface area contributed by atoms with E-state index in [1.165, 1.54) is 19.3 Å². The maximum Gasteiger partial charge on any atom is 0.269 e. The first kappa shape index (κ1) is 19.7. The molecule has 3 N–H and O–H groups in total. The number of hydrogen-bond donors (Lipinski definition) is 3. The number of carbonyl (C=O) groups is 2. The number of nitrogens with one attached hydrogen (secondary N) is 3. The third kappa shape index (κ3) is 4.18. The van der Waals surface area contributed by atoms with Crippen LogP contribution in [0.3, 0.4) is 0 Å². The summed E-state index contributed by atoms with van der Waals surface area (Å²) in [7, 11) is 1.53. The maximum atomic E-state index is 12.8. The summed E-state index contributed by atoms with van der Waals surface area (Å²) in [5, 5.41) is 6.44. The number of rotatable bonds is 5. The summed E-state index contributed by atoms with van der Waals surface area (Å²) in [6, 6.07) is 15.7. The Balaban J connectivity index is 1.55. The summed E-state index contributed by atoms with van der Waals surface area (Å²) in [5.74, 6) is 0.339. The van der Waals surface area contributed by atoms with E-state index in [1.807, 2.05) is 24.4 Å². The molecule has 0 bridgehead atoms. The van der Waals surface area contributed by atoms with E-state index in [0.717, 1.165) is 15.4 Å². The van der Waals surface area contributed by atoms with Crippen molar-refractivity contribution in [1.29, 1.82) is 0 Å². The second-order valence-electron chi connectivity index (χ2n) is 6.44. The van der Waals surface area contributed by atoms with Crippen LogP contribution >= 0.6 is 15.9 Å². The Morgan fingerprint density at radius 1 is 1.03 bits per heavy atom. The van der Waals surface area contributed by atoms with Gasteiger partial charge in [0, 0.05) is 40.9 Å². The van der Waals surface area contributed by atoms with Crippen LogP contribution in [0.1, 0.15) is 20.8 Å². The molecule has 4 aromatic rings. The molecule has 0 aliphatic heterocycles. The molecule has 0 saturated heterocycles. The Hall–Kier alpha value is -3.65. The predicted octanol–water partition coefficient (Wildman–Crippen LogP) is 4.73. The first-order valence-electron chi connectivity index (χ1n) is 9.07. The van der Waals surface area contributed by atoms with Crippen LogP contribution < -0.4 is 15.4 Å². The number of aromatic amines is 1. The van der Waals surface area contributed by atoms with Crippen LogP contribution in [0, 0.1) is 0 Å². The fraction of sp³-hybridized carbons (Fsp3) is 0.0455. The SMILES string of the molecule is CNC(=O)c1cc(Oc2cccc(C(=O)Nc3cc(Br)cc4cc[nH]c34)c2)ccn1. The number of ether oxygens (including phenoxy) is 1. The molecule has 0 saturated carbocycles. The van der Waals surface area contributed by atoms with Crippen molar-refractivity contribution in [2.24, 2.45) is 0 Å². The van der Waals surface area contributed by atoms with Crippen molar-refractivity contribution in [3.8, 4) is 11.5 Å². The van der Waals surface area contributed by atoms with Crippen LogP contribution in [0.4, 0.5) is 5.69 Å². The van der Waals surface area contributed by atoms with Crippen molar-refractivity contribution in [1.82, 2.24) is 15.3 Å². The number of H-pyrrole nitrogens is 1. The number of aromatic nitrogens is 2. The number of benzene rings is 2. The number of nitrogens with zero attached hydrogens (tertiary/aromatic N) is 1. The van der Waals surface area contributed by atoms with Crippen LogP contribution in [-0.2, 0) is 0 Å². The van der Waals surface area contributed by atoms with Crippen molar-refractivity contribution in [3.05, 3.63) is 82.7 Å². The number of fused-ring (bicyclic) bond motifs is 1. The van der Waals surface area contributed by atoms with Gasteiger partial charge in [0.2, 0.25) is 0 Å². The van der Waals surface area contributed by atoms with Gasteiger partial charge in [-0.1, -0.05) is 22.0 Å². The lowest BCUT2D eigenvalue weighted by atomic mass is 10.1. The molecule has 0 aliphatic rings. The summed E-state index contributed by atoms with van der Waals surface area (Å²) in [6.07, 6.45) is 3.31. The first-order chi connectivity index (χ1) is 14.5. The van der Waals surface area contributed by atoms with E-state index in [2.05, 4.69) is 36.5 Å². The Labute approximate surface area is 180 Å². The van der Waals surface area contributed by atoms with Crippen LogP contribution in [0.5, 0.6) is 11.5 Å². The van der Waals surface area contributed by atoms with Gasteiger partial charge in [-0.3, -0.25) is 14.6 Å². The van der Waals surface area contributed by atoms with Gasteiger partial charge in [0.25, 0.3) is 11.8 Å². The zero-order valence-electron chi connectivity index (χ0n) is 15.9. The second-order valence-corrected chi connectivity index (χ2v) is 7.35. The number of carbonyl (C=O) groups excluding carboxylic acids is 2. The molecule has 0 atom stereocenters. The summed E-state index contributed by atoms with van der Waals surface area (Å²) in [6.45, 7) is 0. The predicted molar refractivity (Wildman–Crippen MR) is 118 cm³/mol. The molecule has 7 nitrogen and oxygen atoms in total. The van der Waals surface area contributed by atoms with Crippen molar-refractivity contribution in [2.75, 3.05) is 12.4 Å². The highest BCUT2D eigenvalue weighted by atomic mass is 79.9. The molecular weight excluding hydrogens is 448 g/mol. The number of pyridine rings is 1. The zero-order valence-corrected chi connectivity index (χ0v) is 17.5. The highest BCUT2D eigenvalue weighted by molar-refractivity contribution is 9.10. The van der Waals surface area contributed by atoms with Gasteiger partial charge in [-0.25, -0.2) is 0 Å². The van der Waals surface area contributed by atoms with Crippen molar-refractivity contribution >= 4 is 44.3 Å². The van der Waals surface area contributed by atoms with E-state index < -0.39 is 0 Å². The zero-order chi connectivity index (χ0) is 21.1. The van der Waals surface area contributed by atoms with Crippen LogP contribution in [0.15, 0.2) is 71.5 Å². The average Bonchev–Trinajstić information content (AvgIpc) is 3.22. The quantitative estimate of drug-likeness (QED) is 0.397. The van der Waals surface area contributed by atoms with E-state index in [1.54, 1.807) is 30.3 Å². The van der Waals surface area contributed by atoms with Gasteiger partial charge in [0.15, 0.2) is 0 Å². The van der Waals surface area contributed by atoms with Crippen LogP contribution in [-0.4, -0.2) is 28.8 Å². The largest absolute Gasteiger partial charge is 0.457 e. The Morgan fingerprint density at radius 2 is 1.87 bits per heavy atom. The Kier molecular flexibility index (Phi) is 5.49. The van der Waals surface area contributed by atoms with Gasteiger partial charge in [0.05, 0.1) is 11.2 Å². The normalized spacial score (nSPS) is 10.6. The third-order valence-electron chi connectivity index (χ3n) is 4.40. The molecule has 2 aromatic heterocycles. The molecule has 30 heavy (non-hydrogen) atoms. The third-order valence-corrected chi connectivity index (χ3v) is 4.85. The summed E-state index contributed by atoms with van der Waals surface area (Å²) in [4.78, 5) is 31.7. The van der Waals surface area contributed by atoms with Gasteiger partial charge in [0.1, 0.15) is 17.2 Å². The summed E-state index contributed by atoms with van der Waals surface area (Å²) in [5.41, 5.74) is 2.20. The number of anilines is 1. The second kappa shape index (κ2) is 8.38. The summed E-state index contributed by atoms with van der Waals surface area (Å²) >= 11 is 3.47. The fourth-order valence-corrected chi connectivity index (χ4v) is 3.47. The van der Waals surface area contributed by atoms with E-state index in [0.29, 0.717) is 22.7 Å². The molecule has 0 unspecified atom stereocenters. The van der Waals surface area contributed by atoms with Crippen molar-refractivity contribution < 1.29 is 14.3 Å². The van der Waals surface area contributed by atoms with E-state index in [-0.39, 0.29) is 17.5 Å². The standard InChI is InChI=1S/C22H17BrN4O3/c1-24-22(29)19-12-17(6-8-25-19)30-16-4-2-3-14(10-16)21(28)27-18-11-15(23)9-13-5-7-26-20(13)18/h2-12,26H,1H3,(H,24,29)(H,27,28). The maximum absolute atomic E-state index is 12.8. The molecule has 0 aliphatic carbocycles. The molecule has 2 amide bonds.